The van der Waals surface area contributed by atoms with Gasteiger partial charge in [0.1, 0.15) is 15.5 Å². The van der Waals surface area contributed by atoms with Gasteiger partial charge in [-0.3, -0.25) is 4.79 Å². The number of carbonyl (C=O) groups excluding carboxylic acids is 1. The van der Waals surface area contributed by atoms with E-state index in [0.717, 1.165) is 5.56 Å². The van der Waals surface area contributed by atoms with Gasteiger partial charge in [0.05, 0.1) is 17.0 Å². The van der Waals surface area contributed by atoms with Gasteiger partial charge in [0.2, 0.25) is 0 Å². The molecule has 2 rings (SSSR count). The molecule has 0 aliphatic heterocycles. The summed E-state index contributed by atoms with van der Waals surface area (Å²) in [6.07, 6.45) is 2.12. The lowest BCUT2D eigenvalue weighted by Crippen LogP contribution is -2.20. The van der Waals surface area contributed by atoms with E-state index in [2.05, 4.69) is 0 Å². The van der Waals surface area contributed by atoms with Crippen LogP contribution in [0.1, 0.15) is 63.5 Å². The number of sulfone groups is 2. The van der Waals surface area contributed by atoms with Gasteiger partial charge in [-0.2, -0.15) is 0 Å². The van der Waals surface area contributed by atoms with E-state index < -0.39 is 30.5 Å². The quantitative estimate of drug-likeness (QED) is 0.728. The van der Waals surface area contributed by atoms with E-state index in [9.17, 15) is 21.6 Å². The Hall–Kier alpha value is -1.87. The standard InChI is InChI=1S/C19H28N2O5S2/c1-6-10-27(23,24)16-14-12-13(19(3,4)5)8-9-21(14)15(18(20)22)17(16)28(25,26)11-7-2/h8-9,12H,6-7,10-11H2,1-5H3,(H2,20,22). The Morgan fingerprint density at radius 1 is 1.00 bits per heavy atom. The monoisotopic (exact) mass is 428 g/mol. The molecular weight excluding hydrogens is 400 g/mol. The van der Waals surface area contributed by atoms with Crippen molar-refractivity contribution in [2.75, 3.05) is 11.5 Å². The third-order valence-corrected chi connectivity index (χ3v) is 8.59. The van der Waals surface area contributed by atoms with Crippen molar-refractivity contribution in [1.82, 2.24) is 4.40 Å². The normalized spacial score (nSPS) is 13.2. The highest BCUT2D eigenvalue weighted by atomic mass is 32.2. The molecule has 0 aliphatic carbocycles. The number of hydrogen-bond acceptors (Lipinski definition) is 5. The van der Waals surface area contributed by atoms with Gasteiger partial charge in [0.25, 0.3) is 5.91 Å². The topological polar surface area (TPSA) is 116 Å². The predicted molar refractivity (Wildman–Crippen MR) is 109 cm³/mol. The number of carbonyl (C=O) groups is 1. The van der Waals surface area contributed by atoms with Gasteiger partial charge in [-0.25, -0.2) is 16.8 Å². The molecule has 0 saturated carbocycles. The molecule has 0 bridgehead atoms. The second-order valence-electron chi connectivity index (χ2n) is 7.93. The number of nitrogens with two attached hydrogens (primary N) is 1. The van der Waals surface area contributed by atoms with Crippen LogP contribution in [0.2, 0.25) is 0 Å². The van der Waals surface area contributed by atoms with Gasteiger partial charge >= 0.3 is 0 Å². The third kappa shape index (κ3) is 3.96. The first-order valence-electron chi connectivity index (χ1n) is 9.21. The fourth-order valence-corrected chi connectivity index (χ4v) is 7.21. The molecule has 9 heteroatoms. The molecule has 2 aromatic heterocycles. The minimum Gasteiger partial charge on any atom is -0.364 e. The summed E-state index contributed by atoms with van der Waals surface area (Å²) in [7, 11) is -7.98. The van der Waals surface area contributed by atoms with Crippen LogP contribution in [0.15, 0.2) is 28.1 Å². The highest BCUT2D eigenvalue weighted by Crippen LogP contribution is 2.36. The highest BCUT2D eigenvalue weighted by Gasteiger charge is 2.36. The zero-order valence-electron chi connectivity index (χ0n) is 16.9. The number of nitrogens with zero attached hydrogens (tertiary/aromatic N) is 1. The van der Waals surface area contributed by atoms with E-state index in [0.29, 0.717) is 6.42 Å². The molecule has 2 N–H and O–H groups in total. The Morgan fingerprint density at radius 2 is 1.50 bits per heavy atom. The molecule has 0 atom stereocenters. The fourth-order valence-electron chi connectivity index (χ4n) is 3.23. The van der Waals surface area contributed by atoms with Crippen LogP contribution in [0.5, 0.6) is 0 Å². The van der Waals surface area contributed by atoms with E-state index in [-0.39, 0.29) is 39.4 Å². The van der Waals surface area contributed by atoms with Crippen LogP contribution in [0.4, 0.5) is 0 Å². The largest absolute Gasteiger partial charge is 0.364 e. The van der Waals surface area contributed by atoms with Crippen molar-refractivity contribution in [3.63, 3.8) is 0 Å². The SMILES string of the molecule is CCCS(=O)(=O)c1c(S(=O)(=O)CCC)c2cc(C(C)(C)C)ccn2c1C(N)=O. The number of amides is 1. The van der Waals surface area contributed by atoms with Gasteiger partial charge in [-0.1, -0.05) is 34.6 Å². The van der Waals surface area contributed by atoms with Crippen LogP contribution < -0.4 is 5.73 Å². The third-order valence-electron chi connectivity index (χ3n) is 4.52. The Kier molecular flexibility index (Phi) is 6.02. The van der Waals surface area contributed by atoms with Gasteiger partial charge < -0.3 is 10.1 Å². The van der Waals surface area contributed by atoms with Crippen molar-refractivity contribution in [2.45, 2.75) is 62.7 Å². The fraction of sp³-hybridized carbons (Fsp3) is 0.526. The van der Waals surface area contributed by atoms with E-state index in [4.69, 9.17) is 5.73 Å². The first-order valence-corrected chi connectivity index (χ1v) is 12.5. The lowest BCUT2D eigenvalue weighted by atomic mass is 9.87. The van der Waals surface area contributed by atoms with Gasteiger partial charge in [-0.05, 0) is 36.0 Å². The highest BCUT2D eigenvalue weighted by molar-refractivity contribution is 7.94. The maximum Gasteiger partial charge on any atom is 0.267 e. The number of hydrogen-bond donors (Lipinski definition) is 1. The van der Waals surface area contributed by atoms with Crippen LogP contribution in [0.3, 0.4) is 0 Å². The van der Waals surface area contributed by atoms with Crippen LogP contribution in [-0.4, -0.2) is 38.6 Å². The lowest BCUT2D eigenvalue weighted by molar-refractivity contribution is 0.0991. The van der Waals surface area contributed by atoms with Crippen LogP contribution >= 0.6 is 0 Å². The molecular formula is C19H28N2O5S2. The van der Waals surface area contributed by atoms with Crippen molar-refractivity contribution < 1.29 is 21.6 Å². The average molecular weight is 429 g/mol. The smallest absolute Gasteiger partial charge is 0.267 e. The molecule has 0 spiro atoms. The first-order chi connectivity index (χ1) is 12.8. The number of aromatic nitrogens is 1. The minimum atomic E-state index is -4.03. The molecule has 0 aromatic carbocycles. The average Bonchev–Trinajstić information content (AvgIpc) is 2.90. The number of pyridine rings is 1. The van der Waals surface area contributed by atoms with E-state index in [1.54, 1.807) is 26.0 Å². The Labute approximate surface area is 166 Å². The zero-order valence-corrected chi connectivity index (χ0v) is 18.6. The number of fused-ring (bicyclic) bond motifs is 1. The van der Waals surface area contributed by atoms with Crippen LogP contribution in [-0.2, 0) is 25.1 Å². The maximum absolute atomic E-state index is 13.1. The summed E-state index contributed by atoms with van der Waals surface area (Å²) in [5.74, 6) is -1.48. The molecule has 7 nitrogen and oxygen atoms in total. The summed E-state index contributed by atoms with van der Waals surface area (Å²) in [5.41, 5.74) is 5.89. The molecule has 0 fully saturated rings. The Morgan fingerprint density at radius 3 is 1.93 bits per heavy atom. The molecule has 28 heavy (non-hydrogen) atoms. The maximum atomic E-state index is 13.1. The van der Waals surface area contributed by atoms with E-state index >= 15 is 0 Å². The van der Waals surface area contributed by atoms with Crippen molar-refractivity contribution in [3.8, 4) is 0 Å². The Balaban J connectivity index is 3.15. The lowest BCUT2D eigenvalue weighted by Gasteiger charge is -2.19. The Bertz CT molecular complexity index is 1120. The van der Waals surface area contributed by atoms with Gasteiger partial charge in [0, 0.05) is 6.20 Å². The van der Waals surface area contributed by atoms with Crippen molar-refractivity contribution in [3.05, 3.63) is 29.6 Å². The zero-order chi connectivity index (χ0) is 21.5. The van der Waals surface area contributed by atoms with Crippen LogP contribution in [0.25, 0.3) is 5.52 Å². The molecule has 0 saturated heterocycles. The summed E-state index contributed by atoms with van der Waals surface area (Å²) < 4.78 is 53.5. The van der Waals surface area contributed by atoms with Crippen molar-refractivity contribution in [2.24, 2.45) is 5.73 Å². The summed E-state index contributed by atoms with van der Waals surface area (Å²) >= 11 is 0. The molecule has 1 amide bonds. The second-order valence-corrected chi connectivity index (χ2v) is 12.0. The molecule has 2 heterocycles. The summed E-state index contributed by atoms with van der Waals surface area (Å²) in [6, 6.07) is 3.38. The molecule has 2 aromatic rings. The van der Waals surface area contributed by atoms with E-state index in [1.165, 1.54) is 10.6 Å². The second kappa shape index (κ2) is 7.51. The van der Waals surface area contributed by atoms with Crippen molar-refractivity contribution in [1.29, 1.82) is 0 Å². The first kappa shape index (κ1) is 22.4. The predicted octanol–water partition coefficient (Wildman–Crippen LogP) is 2.70. The minimum absolute atomic E-state index is 0.171. The number of rotatable bonds is 7. The van der Waals surface area contributed by atoms with Crippen molar-refractivity contribution >= 4 is 31.1 Å². The summed E-state index contributed by atoms with van der Waals surface area (Å²) in [4.78, 5) is 11.4. The summed E-state index contributed by atoms with van der Waals surface area (Å²) in [5, 5.41) is 0. The van der Waals surface area contributed by atoms with E-state index in [1.807, 2.05) is 20.8 Å². The molecule has 0 radical (unpaired) electrons. The van der Waals surface area contributed by atoms with Crippen LogP contribution in [0, 0.1) is 0 Å². The van der Waals surface area contributed by atoms with Gasteiger partial charge in [-0.15, -0.1) is 0 Å². The summed E-state index contributed by atoms with van der Waals surface area (Å²) in [6.45, 7) is 9.27. The van der Waals surface area contributed by atoms with Gasteiger partial charge in [0.15, 0.2) is 19.7 Å². The number of primary amides is 1. The molecule has 0 unspecified atom stereocenters. The molecule has 156 valence electrons. The molecule has 0 aliphatic rings.